The molecular formula is C6H8N2O2. The maximum atomic E-state index is 10.8. The zero-order valence-corrected chi connectivity index (χ0v) is 5.60. The summed E-state index contributed by atoms with van der Waals surface area (Å²) in [5, 5.41) is 4.76. The monoisotopic (exact) mass is 140 g/mol. The van der Waals surface area contributed by atoms with Gasteiger partial charge in [-0.1, -0.05) is 6.58 Å². The topological polar surface area (TPSA) is 58.2 Å². The van der Waals surface area contributed by atoms with Crippen LogP contribution in [0.3, 0.4) is 0 Å². The lowest BCUT2D eigenvalue weighted by atomic mass is 10.2. The zero-order valence-electron chi connectivity index (χ0n) is 5.60. The Morgan fingerprint density at radius 3 is 2.60 bits per heavy atom. The number of carbonyl (C=O) groups excluding carboxylic acids is 2. The van der Waals surface area contributed by atoms with Crippen LogP contribution in [0, 0.1) is 0 Å². The molecule has 1 heterocycles. The van der Waals surface area contributed by atoms with E-state index in [9.17, 15) is 9.59 Å². The van der Waals surface area contributed by atoms with Crippen molar-refractivity contribution in [2.24, 2.45) is 0 Å². The summed E-state index contributed by atoms with van der Waals surface area (Å²) in [5.41, 5.74) is 0.114. The molecule has 1 atom stereocenters. The maximum Gasteiger partial charge on any atom is 0.267 e. The summed E-state index contributed by atoms with van der Waals surface area (Å²) in [5.74, 6) is -0.531. The highest BCUT2D eigenvalue weighted by molar-refractivity contribution is 6.03. The van der Waals surface area contributed by atoms with Crippen LogP contribution in [0.1, 0.15) is 6.92 Å². The van der Waals surface area contributed by atoms with E-state index in [2.05, 4.69) is 17.2 Å². The van der Waals surface area contributed by atoms with Gasteiger partial charge in [0, 0.05) is 0 Å². The van der Waals surface area contributed by atoms with Crippen molar-refractivity contribution in [1.82, 2.24) is 10.6 Å². The highest BCUT2D eigenvalue weighted by atomic mass is 16.2. The Balaban J connectivity index is 2.72. The third kappa shape index (κ3) is 1.00. The summed E-state index contributed by atoms with van der Waals surface area (Å²) in [6.45, 7) is 4.95. The molecule has 0 bridgehead atoms. The summed E-state index contributed by atoms with van der Waals surface area (Å²) in [4.78, 5) is 21.5. The number of rotatable bonds is 0. The molecule has 4 nitrogen and oxygen atoms in total. The molecule has 0 aromatic rings. The number of carbonyl (C=O) groups is 2. The van der Waals surface area contributed by atoms with Crippen molar-refractivity contribution in [2.45, 2.75) is 13.0 Å². The van der Waals surface area contributed by atoms with Gasteiger partial charge >= 0.3 is 0 Å². The second-order valence-corrected chi connectivity index (χ2v) is 2.16. The van der Waals surface area contributed by atoms with Gasteiger partial charge < -0.3 is 10.6 Å². The highest BCUT2D eigenvalue weighted by Gasteiger charge is 2.24. The Kier molecular flexibility index (Phi) is 1.45. The Morgan fingerprint density at radius 2 is 2.10 bits per heavy atom. The van der Waals surface area contributed by atoms with Crippen LogP contribution >= 0.6 is 0 Å². The van der Waals surface area contributed by atoms with Crippen LogP contribution in [-0.2, 0) is 9.59 Å². The van der Waals surface area contributed by atoms with Gasteiger partial charge in [-0.25, -0.2) is 0 Å². The Labute approximate surface area is 58.3 Å². The molecule has 0 aromatic carbocycles. The van der Waals surface area contributed by atoms with E-state index in [0.717, 1.165) is 0 Å². The van der Waals surface area contributed by atoms with Crippen molar-refractivity contribution in [3.8, 4) is 0 Å². The first-order chi connectivity index (χ1) is 4.61. The normalized spacial score (nSPS) is 25.7. The van der Waals surface area contributed by atoms with Crippen LogP contribution < -0.4 is 10.6 Å². The summed E-state index contributed by atoms with van der Waals surface area (Å²) in [7, 11) is 0. The molecule has 0 unspecified atom stereocenters. The van der Waals surface area contributed by atoms with E-state index in [1.165, 1.54) is 0 Å². The minimum Gasteiger partial charge on any atom is -0.339 e. The van der Waals surface area contributed by atoms with Crippen LogP contribution in [-0.4, -0.2) is 17.9 Å². The quantitative estimate of drug-likeness (QED) is 0.430. The van der Waals surface area contributed by atoms with E-state index in [4.69, 9.17) is 0 Å². The molecule has 54 valence electrons. The number of piperazine rings is 1. The SMILES string of the molecule is C=C1NC(=O)[C@H](C)NC1=O. The third-order valence-corrected chi connectivity index (χ3v) is 1.29. The average molecular weight is 140 g/mol. The van der Waals surface area contributed by atoms with Gasteiger partial charge in [0.05, 0.1) is 5.70 Å². The molecule has 0 radical (unpaired) electrons. The lowest BCUT2D eigenvalue weighted by molar-refractivity contribution is -0.130. The van der Waals surface area contributed by atoms with Gasteiger partial charge in [-0.05, 0) is 6.92 Å². The molecule has 1 aliphatic heterocycles. The number of hydrogen-bond donors (Lipinski definition) is 2. The molecule has 4 heteroatoms. The highest BCUT2D eigenvalue weighted by Crippen LogP contribution is 1.95. The molecule has 0 aromatic heterocycles. The average Bonchev–Trinajstić information content (AvgIpc) is 1.84. The van der Waals surface area contributed by atoms with Crippen molar-refractivity contribution >= 4 is 11.8 Å². The lowest BCUT2D eigenvalue weighted by Gasteiger charge is -2.20. The van der Waals surface area contributed by atoms with Crippen LogP contribution in [0.5, 0.6) is 0 Å². The minimum atomic E-state index is -0.446. The fraction of sp³-hybridized carbons (Fsp3) is 0.333. The van der Waals surface area contributed by atoms with Crippen molar-refractivity contribution in [3.05, 3.63) is 12.3 Å². The Morgan fingerprint density at radius 1 is 1.50 bits per heavy atom. The summed E-state index contributed by atoms with van der Waals surface area (Å²) < 4.78 is 0. The van der Waals surface area contributed by atoms with E-state index in [1.54, 1.807) is 6.92 Å². The fourth-order valence-electron chi connectivity index (χ4n) is 0.663. The predicted molar refractivity (Wildman–Crippen MR) is 34.9 cm³/mol. The van der Waals surface area contributed by atoms with Gasteiger partial charge in [0.1, 0.15) is 6.04 Å². The number of hydrogen-bond acceptors (Lipinski definition) is 2. The van der Waals surface area contributed by atoms with E-state index in [1.807, 2.05) is 0 Å². The summed E-state index contributed by atoms with van der Waals surface area (Å²) in [6.07, 6.45) is 0. The molecule has 1 saturated heterocycles. The van der Waals surface area contributed by atoms with Crippen molar-refractivity contribution in [3.63, 3.8) is 0 Å². The number of amides is 2. The smallest absolute Gasteiger partial charge is 0.267 e. The third-order valence-electron chi connectivity index (χ3n) is 1.29. The molecule has 0 saturated carbocycles. The molecule has 0 spiro atoms. The van der Waals surface area contributed by atoms with Crippen LogP contribution in [0.4, 0.5) is 0 Å². The molecule has 10 heavy (non-hydrogen) atoms. The van der Waals surface area contributed by atoms with Crippen molar-refractivity contribution in [1.29, 1.82) is 0 Å². The summed E-state index contributed by atoms with van der Waals surface area (Å²) >= 11 is 0. The Hall–Kier alpha value is -1.32. The van der Waals surface area contributed by atoms with E-state index in [-0.39, 0.29) is 17.5 Å². The molecule has 2 amide bonds. The zero-order chi connectivity index (χ0) is 7.72. The van der Waals surface area contributed by atoms with Gasteiger partial charge in [0.2, 0.25) is 5.91 Å². The molecular weight excluding hydrogens is 132 g/mol. The number of nitrogens with one attached hydrogen (secondary N) is 2. The van der Waals surface area contributed by atoms with E-state index in [0.29, 0.717) is 0 Å². The largest absolute Gasteiger partial charge is 0.339 e. The van der Waals surface area contributed by atoms with Crippen molar-refractivity contribution in [2.75, 3.05) is 0 Å². The first kappa shape index (κ1) is 6.80. The van der Waals surface area contributed by atoms with Crippen LogP contribution in [0.25, 0.3) is 0 Å². The molecule has 0 aliphatic carbocycles. The molecule has 1 rings (SSSR count). The second kappa shape index (κ2) is 2.13. The predicted octanol–water partition coefficient (Wildman–Crippen LogP) is -0.865. The van der Waals surface area contributed by atoms with Gasteiger partial charge in [0.15, 0.2) is 0 Å². The van der Waals surface area contributed by atoms with Crippen LogP contribution in [0.15, 0.2) is 12.3 Å². The van der Waals surface area contributed by atoms with Crippen LogP contribution in [0.2, 0.25) is 0 Å². The first-order valence-corrected chi connectivity index (χ1v) is 2.92. The van der Waals surface area contributed by atoms with Gasteiger partial charge in [-0.2, -0.15) is 0 Å². The standard InChI is InChI=1S/C6H8N2O2/c1-3-5(9)8-4(2)6(10)7-3/h4H,1H2,2H3,(H,7,10)(H,8,9)/t4-/m0/s1. The summed E-state index contributed by atoms with van der Waals surface area (Å²) in [6, 6.07) is -0.446. The lowest BCUT2D eigenvalue weighted by Crippen LogP contribution is -2.52. The Bertz CT molecular complexity index is 210. The first-order valence-electron chi connectivity index (χ1n) is 2.92. The van der Waals surface area contributed by atoms with Gasteiger partial charge in [-0.15, -0.1) is 0 Å². The molecule has 1 aliphatic rings. The van der Waals surface area contributed by atoms with Gasteiger partial charge in [0.25, 0.3) is 5.91 Å². The van der Waals surface area contributed by atoms with Crippen molar-refractivity contribution < 1.29 is 9.59 Å². The van der Waals surface area contributed by atoms with E-state index < -0.39 is 6.04 Å². The maximum absolute atomic E-state index is 10.8. The van der Waals surface area contributed by atoms with E-state index >= 15 is 0 Å². The fourth-order valence-corrected chi connectivity index (χ4v) is 0.663. The second-order valence-electron chi connectivity index (χ2n) is 2.16. The molecule has 2 N–H and O–H groups in total. The minimum absolute atomic E-state index is 0.114. The molecule has 1 fully saturated rings. The van der Waals surface area contributed by atoms with Gasteiger partial charge in [-0.3, -0.25) is 9.59 Å².